The highest BCUT2D eigenvalue weighted by Gasteiger charge is 2.20. The van der Waals surface area contributed by atoms with Crippen molar-refractivity contribution in [2.75, 3.05) is 0 Å². The van der Waals surface area contributed by atoms with Gasteiger partial charge in [0, 0.05) is 11.9 Å². The normalized spacial score (nSPS) is 12.6. The molecule has 0 spiro atoms. The molecule has 1 heterocycles. The molecule has 1 aromatic heterocycles. The second kappa shape index (κ2) is 9.40. The van der Waals surface area contributed by atoms with Gasteiger partial charge in [0.2, 0.25) is 0 Å². The van der Waals surface area contributed by atoms with Crippen LogP contribution in [-0.2, 0) is 16.6 Å². The molecule has 0 radical (unpaired) electrons. The third kappa shape index (κ3) is 4.83. The second-order valence-electron chi connectivity index (χ2n) is 7.36. The average molecular weight is 443 g/mol. The summed E-state index contributed by atoms with van der Waals surface area (Å²) >= 11 is 0. The minimum absolute atomic E-state index is 0.0292. The summed E-state index contributed by atoms with van der Waals surface area (Å²) in [5.74, 6) is -0.427. The van der Waals surface area contributed by atoms with Gasteiger partial charge in [0.1, 0.15) is 0 Å². The Balaban J connectivity index is 1.85. The number of fused-ring (bicyclic) bond motifs is 1. The first-order valence-corrected chi connectivity index (χ1v) is 11.7. The van der Waals surface area contributed by atoms with Crippen molar-refractivity contribution >= 4 is 26.7 Å². The van der Waals surface area contributed by atoms with Crippen molar-refractivity contribution in [2.45, 2.75) is 51.0 Å². The molecule has 0 aliphatic heterocycles. The Morgan fingerprint density at radius 3 is 2.32 bits per heavy atom. The molecule has 1 atom stereocenters. The van der Waals surface area contributed by atoms with Gasteiger partial charge in [-0.25, -0.2) is 13.1 Å². The van der Waals surface area contributed by atoms with E-state index in [4.69, 9.17) is 0 Å². The minimum atomic E-state index is -3.97. The van der Waals surface area contributed by atoms with Gasteiger partial charge in [0.15, 0.2) is 5.69 Å². The summed E-state index contributed by atoms with van der Waals surface area (Å²) in [6.45, 7) is 6.37. The summed E-state index contributed by atoms with van der Waals surface area (Å²) < 4.78 is 26.4. The molecular formula is C22H26N4O4S. The maximum Gasteiger partial charge on any atom is 0.287 e. The standard InChI is InChI=1S/C22H26N4O4S/c1-4-14-26-22(28)19-9-7-6-8-18(19)20(24-26)21(27)23-25-31(29,30)17-12-10-16(11-13-17)15(3)5-2/h6-13,15,25H,4-5,14H2,1-3H3,(H,23,27)/t15-/m0/s1. The Hall–Kier alpha value is -3.04. The lowest BCUT2D eigenvalue weighted by Crippen LogP contribution is -2.42. The number of carbonyl (C=O) groups is 1. The van der Waals surface area contributed by atoms with Gasteiger partial charge in [-0.2, -0.15) is 5.10 Å². The van der Waals surface area contributed by atoms with Crippen molar-refractivity contribution in [3.8, 4) is 0 Å². The van der Waals surface area contributed by atoms with Crippen LogP contribution in [0.4, 0.5) is 0 Å². The van der Waals surface area contributed by atoms with Crippen LogP contribution in [0.5, 0.6) is 0 Å². The van der Waals surface area contributed by atoms with E-state index in [-0.39, 0.29) is 16.1 Å². The lowest BCUT2D eigenvalue weighted by atomic mass is 9.99. The molecule has 3 aromatic rings. The summed E-state index contributed by atoms with van der Waals surface area (Å²) in [5.41, 5.74) is 2.93. The average Bonchev–Trinajstić information content (AvgIpc) is 2.79. The molecule has 9 heteroatoms. The molecule has 31 heavy (non-hydrogen) atoms. The maximum atomic E-state index is 12.8. The van der Waals surface area contributed by atoms with Gasteiger partial charge in [-0.1, -0.05) is 51.1 Å². The van der Waals surface area contributed by atoms with Crippen molar-refractivity contribution in [2.24, 2.45) is 0 Å². The molecule has 0 unspecified atom stereocenters. The molecule has 164 valence electrons. The molecule has 1 amide bonds. The third-order valence-corrected chi connectivity index (χ3v) is 6.45. The van der Waals surface area contributed by atoms with Crippen molar-refractivity contribution in [1.29, 1.82) is 0 Å². The number of hydrogen-bond acceptors (Lipinski definition) is 5. The van der Waals surface area contributed by atoms with E-state index in [1.165, 1.54) is 16.8 Å². The lowest BCUT2D eigenvalue weighted by Gasteiger charge is -2.13. The monoisotopic (exact) mass is 442 g/mol. The van der Waals surface area contributed by atoms with Crippen LogP contribution < -0.4 is 15.8 Å². The van der Waals surface area contributed by atoms with E-state index >= 15 is 0 Å². The minimum Gasteiger partial charge on any atom is -0.272 e. The van der Waals surface area contributed by atoms with Crippen LogP contribution in [0.25, 0.3) is 10.8 Å². The molecule has 3 rings (SSSR count). The largest absolute Gasteiger partial charge is 0.287 e. The van der Waals surface area contributed by atoms with Gasteiger partial charge in [-0.15, -0.1) is 4.83 Å². The predicted molar refractivity (Wildman–Crippen MR) is 119 cm³/mol. The zero-order valence-corrected chi connectivity index (χ0v) is 18.6. The Morgan fingerprint density at radius 2 is 1.71 bits per heavy atom. The predicted octanol–water partition coefficient (Wildman–Crippen LogP) is 2.94. The van der Waals surface area contributed by atoms with Crippen molar-refractivity contribution in [3.63, 3.8) is 0 Å². The highest BCUT2D eigenvalue weighted by atomic mass is 32.2. The molecule has 0 saturated carbocycles. The highest BCUT2D eigenvalue weighted by Crippen LogP contribution is 2.20. The van der Waals surface area contributed by atoms with E-state index in [0.717, 1.165) is 12.0 Å². The first kappa shape index (κ1) is 22.6. The Kier molecular flexibility index (Phi) is 6.87. The number of carbonyl (C=O) groups excluding carboxylic acids is 1. The van der Waals surface area contributed by atoms with Gasteiger partial charge in [0.25, 0.3) is 21.5 Å². The number of sulfonamides is 1. The summed E-state index contributed by atoms with van der Waals surface area (Å²) in [7, 11) is -3.97. The fourth-order valence-corrected chi connectivity index (χ4v) is 4.05. The van der Waals surface area contributed by atoms with Gasteiger partial charge in [-0.05, 0) is 42.5 Å². The van der Waals surface area contributed by atoms with Crippen molar-refractivity contribution < 1.29 is 13.2 Å². The van der Waals surface area contributed by atoms with E-state index < -0.39 is 15.9 Å². The molecular weight excluding hydrogens is 416 g/mol. The zero-order valence-electron chi connectivity index (χ0n) is 17.8. The van der Waals surface area contributed by atoms with Crippen LogP contribution in [0.1, 0.15) is 55.6 Å². The molecule has 0 fully saturated rings. The van der Waals surface area contributed by atoms with E-state index in [0.29, 0.717) is 29.7 Å². The number of aryl methyl sites for hydroxylation is 1. The van der Waals surface area contributed by atoms with Gasteiger partial charge < -0.3 is 0 Å². The fourth-order valence-electron chi connectivity index (χ4n) is 3.21. The van der Waals surface area contributed by atoms with Gasteiger partial charge in [-0.3, -0.25) is 15.0 Å². The van der Waals surface area contributed by atoms with Crippen molar-refractivity contribution in [3.05, 3.63) is 70.1 Å². The maximum absolute atomic E-state index is 12.8. The topological polar surface area (TPSA) is 110 Å². The number of amides is 1. The van der Waals surface area contributed by atoms with Gasteiger partial charge in [0.05, 0.1) is 10.3 Å². The zero-order chi connectivity index (χ0) is 22.6. The van der Waals surface area contributed by atoms with Gasteiger partial charge >= 0.3 is 0 Å². The van der Waals surface area contributed by atoms with Crippen LogP contribution in [0.3, 0.4) is 0 Å². The second-order valence-corrected chi connectivity index (χ2v) is 9.04. The Labute approximate surface area is 181 Å². The SMILES string of the molecule is CCCn1nc(C(=O)NNS(=O)(=O)c2ccc([C@@H](C)CC)cc2)c2ccccc2c1=O. The van der Waals surface area contributed by atoms with Crippen molar-refractivity contribution in [1.82, 2.24) is 20.0 Å². The molecule has 0 saturated heterocycles. The first-order valence-electron chi connectivity index (χ1n) is 10.2. The number of nitrogens with one attached hydrogen (secondary N) is 2. The number of benzene rings is 2. The molecule has 0 bridgehead atoms. The fraction of sp³-hybridized carbons (Fsp3) is 0.318. The quantitative estimate of drug-likeness (QED) is 0.521. The number of rotatable bonds is 8. The van der Waals surface area contributed by atoms with E-state index in [1.807, 2.05) is 6.92 Å². The lowest BCUT2D eigenvalue weighted by molar-refractivity contribution is 0.0939. The number of hydrogen-bond donors (Lipinski definition) is 2. The van der Waals surface area contributed by atoms with Crippen LogP contribution >= 0.6 is 0 Å². The molecule has 2 N–H and O–H groups in total. The van der Waals surface area contributed by atoms with E-state index in [2.05, 4.69) is 29.2 Å². The van der Waals surface area contributed by atoms with E-state index in [9.17, 15) is 18.0 Å². The molecule has 0 aliphatic rings. The van der Waals surface area contributed by atoms with Crippen LogP contribution in [0.15, 0.2) is 58.2 Å². The first-order chi connectivity index (χ1) is 14.8. The Bertz CT molecular complexity index is 1250. The number of aromatic nitrogens is 2. The smallest absolute Gasteiger partial charge is 0.272 e. The molecule has 8 nitrogen and oxygen atoms in total. The summed E-state index contributed by atoms with van der Waals surface area (Å²) in [5, 5.41) is 4.86. The van der Waals surface area contributed by atoms with Crippen LogP contribution in [0, 0.1) is 0 Å². The number of hydrazine groups is 1. The number of nitrogens with zero attached hydrogens (tertiary/aromatic N) is 2. The summed E-state index contributed by atoms with van der Waals surface area (Å²) in [4.78, 5) is 27.5. The third-order valence-electron chi connectivity index (χ3n) is 5.19. The Morgan fingerprint density at radius 1 is 1.06 bits per heavy atom. The van der Waals surface area contributed by atoms with E-state index in [1.54, 1.807) is 36.4 Å². The molecule has 2 aromatic carbocycles. The summed E-state index contributed by atoms with van der Waals surface area (Å²) in [6.07, 6.45) is 1.60. The summed E-state index contributed by atoms with van der Waals surface area (Å²) in [6, 6.07) is 13.2. The highest BCUT2D eigenvalue weighted by molar-refractivity contribution is 7.89. The van der Waals surface area contributed by atoms with Crippen LogP contribution in [-0.4, -0.2) is 24.1 Å². The van der Waals surface area contributed by atoms with Crippen LogP contribution in [0.2, 0.25) is 0 Å². The molecule has 0 aliphatic carbocycles.